The van der Waals surface area contributed by atoms with Crippen LogP contribution in [0.4, 0.5) is 0 Å². The average molecular weight is 274 g/mol. The van der Waals surface area contributed by atoms with Gasteiger partial charge in [-0.15, -0.1) is 5.10 Å². The fourth-order valence-corrected chi connectivity index (χ4v) is 1.92. The summed E-state index contributed by atoms with van der Waals surface area (Å²) < 4.78 is 0. The summed E-state index contributed by atoms with van der Waals surface area (Å²) in [6.07, 6.45) is 0. The number of rotatable bonds is 2. The van der Waals surface area contributed by atoms with Gasteiger partial charge in [0.05, 0.1) is 0 Å². The molecule has 0 aliphatic heterocycles. The van der Waals surface area contributed by atoms with Gasteiger partial charge in [0.15, 0.2) is 5.82 Å². The van der Waals surface area contributed by atoms with Gasteiger partial charge in [0.1, 0.15) is 0 Å². The van der Waals surface area contributed by atoms with Crippen LogP contribution in [0.15, 0.2) is 18.2 Å². The molecule has 2 aromatic rings. The third kappa shape index (κ3) is 1.78. The molecule has 0 unspecified atom stereocenters. The van der Waals surface area contributed by atoms with E-state index in [0.29, 0.717) is 11.2 Å². The molecule has 0 bridgehead atoms. The third-order valence-corrected chi connectivity index (χ3v) is 2.78. The second-order valence-corrected chi connectivity index (χ2v) is 3.66. The van der Waals surface area contributed by atoms with Gasteiger partial charge in [-0.3, -0.25) is 0 Å². The summed E-state index contributed by atoms with van der Waals surface area (Å²) in [5.74, 6) is 0.642. The summed E-state index contributed by atoms with van der Waals surface area (Å²) >= 11 is 9.33. The van der Waals surface area contributed by atoms with E-state index in [-0.39, 0.29) is 0 Å². The van der Waals surface area contributed by atoms with Crippen molar-refractivity contribution in [2.24, 2.45) is 0 Å². The van der Waals surface area contributed by atoms with E-state index >= 15 is 0 Å². The predicted molar refractivity (Wildman–Crippen MR) is 57.3 cm³/mol. The summed E-state index contributed by atoms with van der Waals surface area (Å²) in [6, 6.07) is 5.64. The maximum Gasteiger partial charge on any atom is 0.179 e. The smallest absolute Gasteiger partial charge is 0.179 e. The van der Waals surface area contributed by atoms with Crippen LogP contribution in [0.1, 0.15) is 5.56 Å². The van der Waals surface area contributed by atoms with E-state index in [4.69, 9.17) is 11.6 Å². The molecular weight excluding hydrogens is 267 g/mol. The zero-order chi connectivity index (χ0) is 9.97. The van der Waals surface area contributed by atoms with Crippen molar-refractivity contribution in [3.63, 3.8) is 0 Å². The van der Waals surface area contributed by atoms with Crippen LogP contribution in [-0.4, -0.2) is 20.6 Å². The van der Waals surface area contributed by atoms with Gasteiger partial charge in [0.25, 0.3) is 0 Å². The first-order valence-corrected chi connectivity index (χ1v) is 5.39. The molecule has 0 aliphatic rings. The number of hydrogen-bond donors (Lipinski definition) is 1. The lowest BCUT2D eigenvalue weighted by molar-refractivity contribution is 0.881. The van der Waals surface area contributed by atoms with Crippen LogP contribution in [0.5, 0.6) is 0 Å². The molecule has 1 aromatic carbocycles. The average Bonchev–Trinajstić information content (AvgIpc) is 2.71. The summed E-state index contributed by atoms with van der Waals surface area (Å²) in [4.78, 5) is 0. The molecule has 0 spiro atoms. The first-order chi connectivity index (χ1) is 6.81. The Labute approximate surface area is 93.8 Å². The van der Waals surface area contributed by atoms with Crippen molar-refractivity contribution in [3.05, 3.63) is 28.8 Å². The monoisotopic (exact) mass is 272 g/mol. The van der Waals surface area contributed by atoms with E-state index < -0.39 is 0 Å². The minimum Gasteiger partial charge on any atom is -0.239 e. The number of H-pyrrole nitrogens is 1. The van der Waals surface area contributed by atoms with Crippen LogP contribution < -0.4 is 0 Å². The Morgan fingerprint density at radius 1 is 1.43 bits per heavy atom. The van der Waals surface area contributed by atoms with Gasteiger partial charge >= 0.3 is 0 Å². The Balaban J connectivity index is 2.46. The van der Waals surface area contributed by atoms with Crippen LogP contribution >= 0.6 is 27.5 Å². The van der Waals surface area contributed by atoms with Gasteiger partial charge in [0, 0.05) is 15.9 Å². The van der Waals surface area contributed by atoms with Crippen LogP contribution in [0, 0.1) is 0 Å². The lowest BCUT2D eigenvalue weighted by atomic mass is 10.1. The third-order valence-electron chi connectivity index (χ3n) is 1.81. The maximum atomic E-state index is 5.97. The largest absolute Gasteiger partial charge is 0.239 e. The molecule has 14 heavy (non-hydrogen) atoms. The minimum absolute atomic E-state index is 0.642. The number of aromatic amines is 1. The topological polar surface area (TPSA) is 54.5 Å². The normalized spacial score (nSPS) is 10.4. The second kappa shape index (κ2) is 4.06. The number of benzene rings is 1. The van der Waals surface area contributed by atoms with Crippen molar-refractivity contribution >= 4 is 27.5 Å². The number of tetrazole rings is 1. The second-order valence-electron chi connectivity index (χ2n) is 2.69. The fourth-order valence-electron chi connectivity index (χ4n) is 1.11. The van der Waals surface area contributed by atoms with Crippen molar-refractivity contribution in [1.82, 2.24) is 20.6 Å². The first kappa shape index (κ1) is 9.61. The predicted octanol–water partition coefficient (Wildman–Crippen LogP) is 2.42. The van der Waals surface area contributed by atoms with E-state index in [1.807, 2.05) is 18.2 Å². The standard InChI is InChI=1S/C8H6BrClN4/c9-4-6-3-5(1-2-7(6)10)8-11-13-14-12-8/h1-3H,4H2,(H,11,12,13,14). The minimum atomic E-state index is 0.642. The molecule has 1 heterocycles. The molecule has 0 aliphatic carbocycles. The van der Waals surface area contributed by atoms with E-state index in [9.17, 15) is 0 Å². The summed E-state index contributed by atoms with van der Waals surface area (Å²) in [6.45, 7) is 0. The van der Waals surface area contributed by atoms with E-state index in [1.54, 1.807) is 0 Å². The molecule has 4 nitrogen and oxygen atoms in total. The molecule has 72 valence electrons. The highest BCUT2D eigenvalue weighted by Gasteiger charge is 2.05. The highest BCUT2D eigenvalue weighted by atomic mass is 79.9. The van der Waals surface area contributed by atoms with Gasteiger partial charge in [-0.1, -0.05) is 27.5 Å². The van der Waals surface area contributed by atoms with Gasteiger partial charge in [-0.25, -0.2) is 5.10 Å². The number of aromatic nitrogens is 4. The quantitative estimate of drug-likeness (QED) is 0.855. The first-order valence-electron chi connectivity index (χ1n) is 3.90. The van der Waals surface area contributed by atoms with Gasteiger partial charge < -0.3 is 0 Å². The highest BCUT2D eigenvalue weighted by Crippen LogP contribution is 2.23. The Bertz CT molecular complexity index is 429. The molecule has 0 amide bonds. The Hall–Kier alpha value is -0.940. The molecule has 1 N–H and O–H groups in total. The number of hydrogen-bond acceptors (Lipinski definition) is 3. The van der Waals surface area contributed by atoms with Crippen molar-refractivity contribution in [2.75, 3.05) is 0 Å². The van der Waals surface area contributed by atoms with E-state index in [2.05, 4.69) is 36.6 Å². The Morgan fingerprint density at radius 2 is 2.29 bits per heavy atom. The molecular formula is C8H6BrClN4. The zero-order valence-corrected chi connectivity index (χ0v) is 9.38. The molecule has 0 radical (unpaired) electrons. The summed E-state index contributed by atoms with van der Waals surface area (Å²) in [5.41, 5.74) is 1.94. The fraction of sp³-hybridized carbons (Fsp3) is 0.125. The SMILES string of the molecule is Clc1ccc(-c2nnn[nH]2)cc1CBr. The summed E-state index contributed by atoms with van der Waals surface area (Å²) in [7, 11) is 0. The molecule has 2 rings (SSSR count). The molecule has 0 atom stereocenters. The molecule has 0 saturated carbocycles. The lowest BCUT2D eigenvalue weighted by Crippen LogP contribution is -1.85. The number of nitrogens with zero attached hydrogens (tertiary/aromatic N) is 3. The lowest BCUT2D eigenvalue weighted by Gasteiger charge is -2.01. The highest BCUT2D eigenvalue weighted by molar-refractivity contribution is 9.08. The maximum absolute atomic E-state index is 5.97. The van der Waals surface area contributed by atoms with Gasteiger partial charge in [0.2, 0.25) is 0 Å². The van der Waals surface area contributed by atoms with Crippen molar-refractivity contribution in [3.8, 4) is 11.4 Å². The molecule has 0 saturated heterocycles. The number of alkyl halides is 1. The van der Waals surface area contributed by atoms with Crippen LogP contribution in [0.3, 0.4) is 0 Å². The summed E-state index contributed by atoms with van der Waals surface area (Å²) in [5, 5.41) is 15.0. The van der Waals surface area contributed by atoms with Crippen LogP contribution in [0.2, 0.25) is 5.02 Å². The van der Waals surface area contributed by atoms with E-state index in [1.165, 1.54) is 0 Å². The van der Waals surface area contributed by atoms with Gasteiger partial charge in [-0.05, 0) is 34.2 Å². The van der Waals surface area contributed by atoms with Crippen LogP contribution in [0.25, 0.3) is 11.4 Å². The van der Waals surface area contributed by atoms with Crippen molar-refractivity contribution in [2.45, 2.75) is 5.33 Å². The number of halogens is 2. The zero-order valence-electron chi connectivity index (χ0n) is 7.04. The molecule has 6 heteroatoms. The van der Waals surface area contributed by atoms with Crippen LogP contribution in [-0.2, 0) is 5.33 Å². The van der Waals surface area contributed by atoms with E-state index in [0.717, 1.165) is 16.1 Å². The van der Waals surface area contributed by atoms with Crippen molar-refractivity contribution in [1.29, 1.82) is 0 Å². The van der Waals surface area contributed by atoms with Crippen molar-refractivity contribution < 1.29 is 0 Å². The Kier molecular flexibility index (Phi) is 2.79. The molecule has 0 fully saturated rings. The number of nitrogens with one attached hydrogen (secondary N) is 1. The Morgan fingerprint density at radius 3 is 2.93 bits per heavy atom. The molecule has 1 aromatic heterocycles. The van der Waals surface area contributed by atoms with Gasteiger partial charge in [-0.2, -0.15) is 0 Å².